The Morgan fingerprint density at radius 1 is 1.47 bits per heavy atom. The Kier molecular flexibility index (Phi) is 4.85. The molecule has 0 fully saturated rings. The van der Waals surface area contributed by atoms with Gasteiger partial charge in [-0.1, -0.05) is 11.6 Å². The first kappa shape index (κ1) is 12.3. The monoisotopic (exact) mass is 249 g/mol. The number of carbonyl (C=O) groups is 1. The highest BCUT2D eigenvalue weighted by molar-refractivity contribution is 6.31. The summed E-state index contributed by atoms with van der Waals surface area (Å²) in [6.07, 6.45) is 0.697. The van der Waals surface area contributed by atoms with Crippen molar-refractivity contribution in [3.8, 4) is 0 Å². The Morgan fingerprint density at radius 2 is 2.20 bits per heavy atom. The number of carbonyl (C=O) groups excluding carboxylic acids is 1. The molecule has 0 aliphatic heterocycles. The van der Waals surface area contributed by atoms with Crippen LogP contribution in [0.25, 0.3) is 0 Å². The summed E-state index contributed by atoms with van der Waals surface area (Å²) < 4.78 is 12.8. The van der Waals surface area contributed by atoms with E-state index in [4.69, 9.17) is 23.2 Å². The number of nitrogens with one attached hydrogen (secondary N) is 1. The van der Waals surface area contributed by atoms with Crippen LogP contribution in [-0.2, 0) is 0 Å². The van der Waals surface area contributed by atoms with Crippen LogP contribution >= 0.6 is 23.2 Å². The highest BCUT2D eigenvalue weighted by Gasteiger charge is 2.07. The van der Waals surface area contributed by atoms with Crippen LogP contribution in [0, 0.1) is 5.82 Å². The Hall–Kier alpha value is -0.800. The van der Waals surface area contributed by atoms with Gasteiger partial charge in [0, 0.05) is 18.0 Å². The first-order valence-corrected chi connectivity index (χ1v) is 5.35. The van der Waals surface area contributed by atoms with Crippen molar-refractivity contribution in [2.75, 3.05) is 12.4 Å². The largest absolute Gasteiger partial charge is 0.352 e. The predicted molar refractivity (Wildman–Crippen MR) is 59.1 cm³/mol. The summed E-state index contributed by atoms with van der Waals surface area (Å²) in [7, 11) is 0. The van der Waals surface area contributed by atoms with Crippen molar-refractivity contribution in [2.24, 2.45) is 0 Å². The third kappa shape index (κ3) is 3.68. The number of halogens is 3. The number of alkyl halides is 1. The maximum Gasteiger partial charge on any atom is 0.251 e. The first-order chi connectivity index (χ1) is 7.15. The number of amides is 1. The van der Waals surface area contributed by atoms with Crippen LogP contribution < -0.4 is 5.32 Å². The van der Waals surface area contributed by atoms with Gasteiger partial charge in [0.2, 0.25) is 0 Å². The zero-order valence-corrected chi connectivity index (χ0v) is 9.41. The summed E-state index contributed by atoms with van der Waals surface area (Å²) in [4.78, 5) is 11.4. The molecular formula is C10H10Cl2FNO. The lowest BCUT2D eigenvalue weighted by atomic mass is 10.2. The van der Waals surface area contributed by atoms with E-state index in [0.29, 0.717) is 24.4 Å². The fraction of sp³-hybridized carbons (Fsp3) is 0.300. The fourth-order valence-electron chi connectivity index (χ4n) is 1.01. The number of hydrogen-bond acceptors (Lipinski definition) is 1. The van der Waals surface area contributed by atoms with E-state index in [1.165, 1.54) is 18.2 Å². The Morgan fingerprint density at radius 3 is 2.80 bits per heavy atom. The van der Waals surface area contributed by atoms with Gasteiger partial charge in [0.25, 0.3) is 5.91 Å². The summed E-state index contributed by atoms with van der Waals surface area (Å²) >= 11 is 11.0. The molecule has 0 atom stereocenters. The van der Waals surface area contributed by atoms with E-state index in [-0.39, 0.29) is 10.9 Å². The zero-order chi connectivity index (χ0) is 11.3. The molecule has 0 aromatic heterocycles. The molecule has 0 aliphatic rings. The lowest BCUT2D eigenvalue weighted by Crippen LogP contribution is -2.24. The minimum Gasteiger partial charge on any atom is -0.352 e. The SMILES string of the molecule is O=C(NCCCCl)c1ccc(F)c(Cl)c1. The quantitative estimate of drug-likeness (QED) is 0.646. The van der Waals surface area contributed by atoms with Gasteiger partial charge in [0.05, 0.1) is 5.02 Å². The molecule has 0 spiro atoms. The molecule has 0 radical (unpaired) electrons. The topological polar surface area (TPSA) is 29.1 Å². The van der Waals surface area contributed by atoms with Crippen LogP contribution in [0.15, 0.2) is 18.2 Å². The third-order valence-corrected chi connectivity index (χ3v) is 2.33. The van der Waals surface area contributed by atoms with Crippen molar-refractivity contribution in [2.45, 2.75) is 6.42 Å². The van der Waals surface area contributed by atoms with E-state index in [1.807, 2.05) is 0 Å². The van der Waals surface area contributed by atoms with Crippen molar-refractivity contribution < 1.29 is 9.18 Å². The second-order valence-electron chi connectivity index (χ2n) is 2.93. The van der Waals surface area contributed by atoms with Crippen molar-refractivity contribution in [3.05, 3.63) is 34.6 Å². The molecule has 0 aliphatic carbocycles. The molecule has 2 nitrogen and oxygen atoms in total. The van der Waals surface area contributed by atoms with Crippen molar-refractivity contribution in [1.29, 1.82) is 0 Å². The van der Waals surface area contributed by atoms with Crippen LogP contribution in [0.3, 0.4) is 0 Å². The molecule has 1 aromatic rings. The molecule has 0 heterocycles. The van der Waals surface area contributed by atoms with Crippen LogP contribution in [0.1, 0.15) is 16.8 Å². The minimum atomic E-state index is -0.533. The number of rotatable bonds is 4. The van der Waals surface area contributed by atoms with E-state index in [0.717, 1.165) is 0 Å². The van der Waals surface area contributed by atoms with Gasteiger partial charge in [-0.2, -0.15) is 0 Å². The molecule has 15 heavy (non-hydrogen) atoms. The molecule has 82 valence electrons. The summed E-state index contributed by atoms with van der Waals surface area (Å²) in [5, 5.41) is 2.59. The molecule has 0 bridgehead atoms. The Balaban J connectivity index is 2.62. The molecule has 0 saturated carbocycles. The molecular weight excluding hydrogens is 240 g/mol. The molecule has 0 saturated heterocycles. The van der Waals surface area contributed by atoms with Crippen molar-refractivity contribution >= 4 is 29.1 Å². The number of benzene rings is 1. The van der Waals surface area contributed by atoms with Gasteiger partial charge in [0.1, 0.15) is 5.82 Å². The van der Waals surface area contributed by atoms with Crippen LogP contribution in [0.4, 0.5) is 4.39 Å². The summed E-state index contributed by atoms with van der Waals surface area (Å²) in [5.74, 6) is -0.319. The minimum absolute atomic E-state index is 0.0556. The van der Waals surface area contributed by atoms with Crippen molar-refractivity contribution in [3.63, 3.8) is 0 Å². The van der Waals surface area contributed by atoms with Gasteiger partial charge in [0.15, 0.2) is 0 Å². The van der Waals surface area contributed by atoms with Gasteiger partial charge >= 0.3 is 0 Å². The molecule has 1 N–H and O–H groups in total. The van der Waals surface area contributed by atoms with E-state index in [9.17, 15) is 9.18 Å². The maximum absolute atomic E-state index is 12.8. The Bertz CT molecular complexity index is 357. The normalized spacial score (nSPS) is 10.1. The highest BCUT2D eigenvalue weighted by atomic mass is 35.5. The van der Waals surface area contributed by atoms with Crippen molar-refractivity contribution in [1.82, 2.24) is 5.32 Å². The average Bonchev–Trinajstić information content (AvgIpc) is 2.22. The lowest BCUT2D eigenvalue weighted by molar-refractivity contribution is 0.0953. The molecule has 5 heteroatoms. The fourth-order valence-corrected chi connectivity index (χ4v) is 1.32. The molecule has 1 rings (SSSR count). The molecule has 1 aromatic carbocycles. The van der Waals surface area contributed by atoms with Gasteiger partial charge in [-0.3, -0.25) is 4.79 Å². The summed E-state index contributed by atoms with van der Waals surface area (Å²) in [6, 6.07) is 3.85. The van der Waals surface area contributed by atoms with Gasteiger partial charge in [-0.15, -0.1) is 11.6 Å². The van der Waals surface area contributed by atoms with E-state index in [1.54, 1.807) is 0 Å². The summed E-state index contributed by atoms with van der Waals surface area (Å²) in [5.41, 5.74) is 0.343. The maximum atomic E-state index is 12.8. The molecule has 1 amide bonds. The second-order valence-corrected chi connectivity index (χ2v) is 3.71. The second kappa shape index (κ2) is 5.93. The van der Waals surface area contributed by atoms with E-state index >= 15 is 0 Å². The van der Waals surface area contributed by atoms with Crippen LogP contribution in [-0.4, -0.2) is 18.3 Å². The predicted octanol–water partition coefficient (Wildman–Crippen LogP) is 2.84. The summed E-state index contributed by atoms with van der Waals surface area (Å²) in [6.45, 7) is 0.497. The third-order valence-electron chi connectivity index (χ3n) is 1.78. The standard InChI is InChI=1S/C10H10Cl2FNO/c11-4-1-5-14-10(15)7-2-3-9(13)8(12)6-7/h2-3,6H,1,4-5H2,(H,14,15). The number of hydrogen-bond donors (Lipinski definition) is 1. The van der Waals surface area contributed by atoms with Gasteiger partial charge < -0.3 is 5.32 Å². The zero-order valence-electron chi connectivity index (χ0n) is 7.90. The Labute approximate surface area is 97.4 Å². The smallest absolute Gasteiger partial charge is 0.251 e. The first-order valence-electron chi connectivity index (χ1n) is 4.44. The lowest BCUT2D eigenvalue weighted by Gasteiger charge is -2.04. The van der Waals surface area contributed by atoms with Crippen LogP contribution in [0.2, 0.25) is 5.02 Å². The van der Waals surface area contributed by atoms with Crippen LogP contribution in [0.5, 0.6) is 0 Å². The van der Waals surface area contributed by atoms with E-state index in [2.05, 4.69) is 5.32 Å². The van der Waals surface area contributed by atoms with E-state index < -0.39 is 5.82 Å². The van der Waals surface area contributed by atoms with Gasteiger partial charge in [-0.05, 0) is 24.6 Å². The highest BCUT2D eigenvalue weighted by Crippen LogP contribution is 2.15. The molecule has 0 unspecified atom stereocenters. The average molecular weight is 250 g/mol. The van der Waals surface area contributed by atoms with Gasteiger partial charge in [-0.25, -0.2) is 4.39 Å².